The molecule has 1 aromatic heterocycles. The summed E-state index contributed by atoms with van der Waals surface area (Å²) in [5.41, 5.74) is 1.19. The Morgan fingerprint density at radius 3 is 2.58 bits per heavy atom. The molecule has 1 N–H and O–H groups in total. The maximum atomic E-state index is 11.2. The molecule has 0 atom stereocenters. The van der Waals surface area contributed by atoms with Crippen LogP contribution < -0.4 is 0 Å². The van der Waals surface area contributed by atoms with Crippen molar-refractivity contribution in [3.8, 4) is 5.75 Å². The van der Waals surface area contributed by atoms with Gasteiger partial charge >= 0.3 is 0 Å². The van der Waals surface area contributed by atoms with E-state index >= 15 is 0 Å². The molecule has 2 rings (SSSR count). The fraction of sp³-hybridized carbons (Fsp3) is 0.0667. The Hall–Kier alpha value is -2.62. The minimum Gasteiger partial charge on any atom is -0.504 e. The van der Waals surface area contributed by atoms with Gasteiger partial charge < -0.3 is 9.52 Å². The lowest BCUT2D eigenvalue weighted by atomic mass is 10.0. The summed E-state index contributed by atoms with van der Waals surface area (Å²) in [6.07, 6.45) is 8.30. The topological polar surface area (TPSA) is 67.5 Å². The first-order valence-corrected chi connectivity index (χ1v) is 5.71. The third kappa shape index (κ3) is 2.20. The van der Waals surface area contributed by atoms with Crippen molar-refractivity contribution in [1.29, 1.82) is 0 Å². The largest absolute Gasteiger partial charge is 0.504 e. The number of rotatable bonds is 4. The van der Waals surface area contributed by atoms with Gasteiger partial charge in [-0.15, -0.1) is 0 Å². The number of hydrogen-bond acceptors (Lipinski definition) is 4. The molecule has 0 fully saturated rings. The normalized spacial score (nSPS) is 11.6. The molecule has 2 aromatic rings. The molecule has 4 heteroatoms. The van der Waals surface area contributed by atoms with Crippen LogP contribution in [0.5, 0.6) is 5.75 Å². The number of furan rings is 1. The number of carbonyl (C=O) groups excluding carboxylic acids is 2. The van der Waals surface area contributed by atoms with Crippen molar-refractivity contribution in [2.24, 2.45) is 0 Å². The Morgan fingerprint density at radius 1 is 1.16 bits per heavy atom. The van der Waals surface area contributed by atoms with Crippen molar-refractivity contribution in [3.63, 3.8) is 0 Å². The lowest BCUT2D eigenvalue weighted by molar-refractivity contribution is 0.109. The van der Waals surface area contributed by atoms with Gasteiger partial charge in [0.15, 0.2) is 18.3 Å². The summed E-state index contributed by atoms with van der Waals surface area (Å²) in [7, 11) is 0. The number of benzene rings is 1. The van der Waals surface area contributed by atoms with E-state index in [9.17, 15) is 14.7 Å². The first-order valence-electron chi connectivity index (χ1n) is 5.71. The number of aldehydes is 2. The monoisotopic (exact) mass is 256 g/mol. The van der Waals surface area contributed by atoms with Crippen molar-refractivity contribution >= 4 is 29.6 Å². The van der Waals surface area contributed by atoms with E-state index < -0.39 is 0 Å². The van der Waals surface area contributed by atoms with Gasteiger partial charge in [0.1, 0.15) is 5.58 Å². The number of aromatic hydroxyl groups is 1. The quantitative estimate of drug-likeness (QED) is 0.672. The van der Waals surface area contributed by atoms with Gasteiger partial charge in [0.25, 0.3) is 0 Å². The molecule has 1 heterocycles. The van der Waals surface area contributed by atoms with Crippen molar-refractivity contribution < 1.29 is 19.1 Å². The van der Waals surface area contributed by atoms with Crippen LogP contribution in [0.3, 0.4) is 0 Å². The molecule has 0 saturated heterocycles. The van der Waals surface area contributed by atoms with E-state index in [0.29, 0.717) is 29.1 Å². The minimum atomic E-state index is -0.239. The minimum absolute atomic E-state index is 0.173. The van der Waals surface area contributed by atoms with Crippen LogP contribution in [0.2, 0.25) is 0 Å². The van der Waals surface area contributed by atoms with Crippen molar-refractivity contribution in [1.82, 2.24) is 0 Å². The molecule has 1 aromatic carbocycles. The van der Waals surface area contributed by atoms with Crippen LogP contribution in [0.15, 0.2) is 34.8 Å². The van der Waals surface area contributed by atoms with Crippen molar-refractivity contribution in [2.45, 2.75) is 6.92 Å². The second kappa shape index (κ2) is 5.35. The predicted octanol–water partition coefficient (Wildman–Crippen LogP) is 3.35. The summed E-state index contributed by atoms with van der Waals surface area (Å²) in [6.45, 7) is 1.88. The van der Waals surface area contributed by atoms with E-state index in [2.05, 4.69) is 0 Å². The zero-order valence-corrected chi connectivity index (χ0v) is 10.3. The second-order valence-corrected chi connectivity index (χ2v) is 3.88. The Bertz CT molecular complexity index is 690. The highest BCUT2D eigenvalue weighted by molar-refractivity contribution is 6.03. The van der Waals surface area contributed by atoms with Gasteiger partial charge in [-0.1, -0.05) is 30.4 Å². The van der Waals surface area contributed by atoms with Crippen LogP contribution >= 0.6 is 0 Å². The van der Waals surface area contributed by atoms with Gasteiger partial charge in [0.2, 0.25) is 5.76 Å². The molecule has 0 aliphatic rings. The first-order chi connectivity index (χ1) is 9.22. The zero-order chi connectivity index (χ0) is 13.8. The molecule has 0 amide bonds. The summed E-state index contributed by atoms with van der Waals surface area (Å²) in [5.74, 6) is -0.412. The SMILES string of the molecule is C/C=C/C=C/c1ccc2c(O)c(C=O)oc2c1C=O. The predicted molar refractivity (Wildman–Crippen MR) is 72.5 cm³/mol. The maximum Gasteiger partial charge on any atom is 0.209 e. The molecule has 0 unspecified atom stereocenters. The third-order valence-electron chi connectivity index (χ3n) is 2.73. The van der Waals surface area contributed by atoms with Crippen LogP contribution in [-0.4, -0.2) is 17.7 Å². The van der Waals surface area contributed by atoms with E-state index in [0.717, 1.165) is 0 Å². The van der Waals surface area contributed by atoms with Gasteiger partial charge in [-0.05, 0) is 18.6 Å². The Kier molecular flexibility index (Phi) is 3.61. The van der Waals surface area contributed by atoms with Crippen LogP contribution in [0.4, 0.5) is 0 Å². The maximum absolute atomic E-state index is 11.2. The fourth-order valence-electron chi connectivity index (χ4n) is 1.82. The summed E-state index contributed by atoms with van der Waals surface area (Å²) in [4.78, 5) is 21.9. The molecule has 0 bridgehead atoms. The molecule has 0 saturated carbocycles. The highest BCUT2D eigenvalue weighted by Crippen LogP contribution is 2.34. The van der Waals surface area contributed by atoms with Gasteiger partial charge in [-0.25, -0.2) is 0 Å². The Balaban J connectivity index is 2.69. The first kappa shape index (κ1) is 12.8. The lowest BCUT2D eigenvalue weighted by Gasteiger charge is -1.99. The van der Waals surface area contributed by atoms with Crippen LogP contribution in [0.1, 0.15) is 33.4 Å². The van der Waals surface area contributed by atoms with Gasteiger partial charge in [0, 0.05) is 0 Å². The summed E-state index contributed by atoms with van der Waals surface area (Å²) in [5, 5.41) is 10.1. The van der Waals surface area contributed by atoms with E-state index in [1.165, 1.54) is 0 Å². The zero-order valence-electron chi connectivity index (χ0n) is 10.3. The van der Waals surface area contributed by atoms with Crippen molar-refractivity contribution in [3.05, 3.63) is 47.2 Å². The number of allylic oxidation sites excluding steroid dienone is 3. The molecule has 96 valence electrons. The van der Waals surface area contributed by atoms with E-state index in [-0.39, 0.29) is 17.1 Å². The Labute approximate surface area is 109 Å². The van der Waals surface area contributed by atoms with Crippen LogP contribution in [-0.2, 0) is 0 Å². The lowest BCUT2D eigenvalue weighted by Crippen LogP contribution is -1.86. The number of fused-ring (bicyclic) bond motifs is 1. The summed E-state index contributed by atoms with van der Waals surface area (Å²) < 4.78 is 5.22. The highest BCUT2D eigenvalue weighted by Gasteiger charge is 2.16. The molecule has 0 aliphatic heterocycles. The molecule has 0 radical (unpaired) electrons. The molecule has 0 spiro atoms. The molecule has 19 heavy (non-hydrogen) atoms. The standard InChI is InChI=1S/C15H12O4/c1-2-3-4-5-10-6-7-11-14(18)13(9-17)19-15(11)12(10)8-16/h2-9,18H,1H3/b3-2+,5-4+. The summed E-state index contributed by atoms with van der Waals surface area (Å²) >= 11 is 0. The number of carbonyl (C=O) groups is 2. The third-order valence-corrected chi connectivity index (χ3v) is 2.73. The van der Waals surface area contributed by atoms with Gasteiger partial charge in [0.05, 0.1) is 10.9 Å². The smallest absolute Gasteiger partial charge is 0.209 e. The molecule has 0 aliphatic carbocycles. The molecular formula is C15H12O4. The van der Waals surface area contributed by atoms with E-state index in [1.807, 2.05) is 19.1 Å². The molecular weight excluding hydrogens is 244 g/mol. The summed E-state index contributed by atoms with van der Waals surface area (Å²) in [6, 6.07) is 3.30. The average Bonchev–Trinajstić information content (AvgIpc) is 2.75. The highest BCUT2D eigenvalue weighted by atomic mass is 16.4. The van der Waals surface area contributed by atoms with Crippen LogP contribution in [0.25, 0.3) is 17.0 Å². The van der Waals surface area contributed by atoms with Crippen LogP contribution in [0, 0.1) is 0 Å². The molecule has 4 nitrogen and oxygen atoms in total. The van der Waals surface area contributed by atoms with Gasteiger partial charge in [-0.3, -0.25) is 9.59 Å². The second-order valence-electron chi connectivity index (χ2n) is 3.88. The number of hydrogen-bond donors (Lipinski definition) is 1. The van der Waals surface area contributed by atoms with E-state index in [4.69, 9.17) is 4.42 Å². The van der Waals surface area contributed by atoms with Crippen molar-refractivity contribution in [2.75, 3.05) is 0 Å². The Morgan fingerprint density at radius 2 is 1.95 bits per heavy atom. The average molecular weight is 256 g/mol. The van der Waals surface area contributed by atoms with E-state index in [1.54, 1.807) is 24.3 Å². The fourth-order valence-corrected chi connectivity index (χ4v) is 1.82. The van der Waals surface area contributed by atoms with Gasteiger partial charge in [-0.2, -0.15) is 0 Å².